The molecule has 2 aromatic heterocycles. The van der Waals surface area contributed by atoms with Gasteiger partial charge in [0.05, 0.1) is 17.8 Å². The average Bonchev–Trinajstić information content (AvgIpc) is 2.90. The Morgan fingerprint density at radius 2 is 2.39 bits per heavy atom. The molecule has 0 atom stereocenters. The maximum atomic E-state index is 12.2. The molecule has 2 heterocycles. The molecule has 3 N–H and O–H groups in total. The van der Waals surface area contributed by atoms with Crippen LogP contribution >= 0.6 is 11.3 Å². The van der Waals surface area contributed by atoms with Gasteiger partial charge in [-0.3, -0.25) is 15.6 Å². The first-order valence-electron chi connectivity index (χ1n) is 5.41. The van der Waals surface area contributed by atoms with Crippen molar-refractivity contribution in [2.45, 2.75) is 6.54 Å². The molecular formula is C12H14N4OS. The van der Waals surface area contributed by atoms with Crippen molar-refractivity contribution in [1.82, 2.24) is 9.88 Å². The molecule has 0 fully saturated rings. The van der Waals surface area contributed by atoms with Gasteiger partial charge < -0.3 is 10.3 Å². The van der Waals surface area contributed by atoms with E-state index in [0.717, 1.165) is 4.88 Å². The minimum Gasteiger partial charge on any atom is -0.336 e. The molecular weight excluding hydrogens is 248 g/mol. The third kappa shape index (κ3) is 2.66. The fourth-order valence-electron chi connectivity index (χ4n) is 1.60. The van der Waals surface area contributed by atoms with Crippen molar-refractivity contribution in [2.24, 2.45) is 5.84 Å². The molecule has 6 heteroatoms. The van der Waals surface area contributed by atoms with E-state index in [1.807, 2.05) is 17.5 Å². The van der Waals surface area contributed by atoms with E-state index >= 15 is 0 Å². The molecule has 0 unspecified atom stereocenters. The summed E-state index contributed by atoms with van der Waals surface area (Å²) in [5, 5.41) is 1.99. The van der Waals surface area contributed by atoms with Crippen LogP contribution in [-0.4, -0.2) is 22.8 Å². The van der Waals surface area contributed by atoms with Crippen molar-refractivity contribution < 1.29 is 4.79 Å². The molecule has 0 aliphatic carbocycles. The highest BCUT2D eigenvalue weighted by molar-refractivity contribution is 7.09. The number of nitrogens with one attached hydrogen (secondary N) is 1. The van der Waals surface area contributed by atoms with Gasteiger partial charge >= 0.3 is 0 Å². The van der Waals surface area contributed by atoms with Crippen molar-refractivity contribution in [3.8, 4) is 0 Å². The highest BCUT2D eigenvalue weighted by Gasteiger charge is 2.16. The normalized spacial score (nSPS) is 10.1. The summed E-state index contributed by atoms with van der Waals surface area (Å²) in [6, 6.07) is 5.64. The van der Waals surface area contributed by atoms with E-state index in [0.29, 0.717) is 17.8 Å². The minimum absolute atomic E-state index is 0.107. The topological polar surface area (TPSA) is 71.2 Å². The lowest BCUT2D eigenvalue weighted by Gasteiger charge is -2.17. The summed E-state index contributed by atoms with van der Waals surface area (Å²) in [4.78, 5) is 19.0. The van der Waals surface area contributed by atoms with E-state index in [9.17, 15) is 4.79 Å². The molecule has 5 nitrogen and oxygen atoms in total. The minimum atomic E-state index is -0.107. The van der Waals surface area contributed by atoms with Gasteiger partial charge in [0.1, 0.15) is 0 Å². The smallest absolute Gasteiger partial charge is 0.257 e. The number of hydrogen-bond acceptors (Lipinski definition) is 5. The van der Waals surface area contributed by atoms with Crippen LogP contribution in [0.3, 0.4) is 0 Å². The zero-order chi connectivity index (χ0) is 13.0. The third-order valence-electron chi connectivity index (χ3n) is 2.53. The summed E-state index contributed by atoms with van der Waals surface area (Å²) < 4.78 is 0. The van der Waals surface area contributed by atoms with Crippen molar-refractivity contribution in [3.63, 3.8) is 0 Å². The van der Waals surface area contributed by atoms with Crippen LogP contribution in [0.25, 0.3) is 0 Å². The summed E-state index contributed by atoms with van der Waals surface area (Å²) in [5.74, 6) is 5.27. The number of anilines is 1. The van der Waals surface area contributed by atoms with Gasteiger partial charge in [0.2, 0.25) is 0 Å². The molecule has 0 aliphatic rings. The molecule has 1 amide bonds. The Balaban J connectivity index is 2.15. The molecule has 0 spiro atoms. The van der Waals surface area contributed by atoms with Crippen molar-refractivity contribution in [3.05, 3.63) is 46.4 Å². The maximum absolute atomic E-state index is 12.2. The van der Waals surface area contributed by atoms with Crippen LogP contribution in [0, 0.1) is 0 Å². The van der Waals surface area contributed by atoms with Gasteiger partial charge in [0.15, 0.2) is 0 Å². The van der Waals surface area contributed by atoms with E-state index in [2.05, 4.69) is 10.4 Å². The highest BCUT2D eigenvalue weighted by atomic mass is 32.1. The fourth-order valence-corrected chi connectivity index (χ4v) is 2.36. The second kappa shape index (κ2) is 5.61. The largest absolute Gasteiger partial charge is 0.336 e. The number of nitrogens with two attached hydrogens (primary N) is 1. The van der Waals surface area contributed by atoms with Crippen LogP contribution in [-0.2, 0) is 6.54 Å². The number of rotatable bonds is 4. The Hall–Kier alpha value is -1.92. The molecule has 0 saturated heterocycles. The first-order valence-corrected chi connectivity index (χ1v) is 6.29. The maximum Gasteiger partial charge on any atom is 0.257 e. The summed E-state index contributed by atoms with van der Waals surface area (Å²) >= 11 is 1.62. The third-order valence-corrected chi connectivity index (χ3v) is 3.39. The zero-order valence-corrected chi connectivity index (χ0v) is 10.8. The summed E-state index contributed by atoms with van der Waals surface area (Å²) in [6.07, 6.45) is 3.10. The number of thiophene rings is 1. The summed E-state index contributed by atoms with van der Waals surface area (Å²) in [5.41, 5.74) is 3.55. The van der Waals surface area contributed by atoms with Crippen LogP contribution < -0.4 is 11.3 Å². The van der Waals surface area contributed by atoms with E-state index in [1.165, 1.54) is 6.20 Å². The van der Waals surface area contributed by atoms with Crippen LogP contribution in [0.2, 0.25) is 0 Å². The Bertz CT molecular complexity index is 527. The van der Waals surface area contributed by atoms with E-state index in [-0.39, 0.29) is 5.91 Å². The number of nitrogens with zero attached hydrogens (tertiary/aromatic N) is 2. The highest BCUT2D eigenvalue weighted by Crippen LogP contribution is 2.17. The zero-order valence-electron chi connectivity index (χ0n) is 9.96. The van der Waals surface area contributed by atoms with Crippen LogP contribution in [0.15, 0.2) is 36.0 Å². The molecule has 0 aromatic carbocycles. The lowest BCUT2D eigenvalue weighted by molar-refractivity contribution is 0.0787. The predicted molar refractivity (Wildman–Crippen MR) is 72.2 cm³/mol. The van der Waals surface area contributed by atoms with Crippen LogP contribution in [0.4, 0.5) is 5.69 Å². The number of carbonyl (C=O) groups is 1. The van der Waals surface area contributed by atoms with E-state index < -0.39 is 0 Å². The Morgan fingerprint density at radius 1 is 1.56 bits per heavy atom. The van der Waals surface area contributed by atoms with Gasteiger partial charge in [-0.05, 0) is 17.5 Å². The molecule has 2 rings (SSSR count). The fraction of sp³-hybridized carbons (Fsp3) is 0.167. The molecule has 0 bridgehead atoms. The number of nitrogen functional groups attached to an aromatic ring is 1. The molecule has 0 aliphatic heterocycles. The van der Waals surface area contributed by atoms with Gasteiger partial charge in [-0.1, -0.05) is 6.07 Å². The molecule has 0 saturated carbocycles. The van der Waals surface area contributed by atoms with Crippen molar-refractivity contribution in [2.75, 3.05) is 12.5 Å². The van der Waals surface area contributed by atoms with Crippen molar-refractivity contribution in [1.29, 1.82) is 0 Å². The summed E-state index contributed by atoms with van der Waals surface area (Å²) in [7, 11) is 1.76. The van der Waals surface area contributed by atoms with Gasteiger partial charge in [-0.2, -0.15) is 0 Å². The quantitative estimate of drug-likeness (QED) is 0.650. The second-order valence-electron chi connectivity index (χ2n) is 3.81. The number of amides is 1. The number of pyridine rings is 1. The first kappa shape index (κ1) is 12.5. The summed E-state index contributed by atoms with van der Waals surface area (Å²) in [6.45, 7) is 0.579. The number of hydrogen-bond donors (Lipinski definition) is 2. The second-order valence-corrected chi connectivity index (χ2v) is 4.84. The lowest BCUT2D eigenvalue weighted by atomic mass is 10.2. The van der Waals surface area contributed by atoms with E-state index in [4.69, 9.17) is 5.84 Å². The monoisotopic (exact) mass is 262 g/mol. The number of aromatic nitrogens is 1. The number of carbonyl (C=O) groups excluding carboxylic acids is 1. The molecule has 18 heavy (non-hydrogen) atoms. The Kier molecular flexibility index (Phi) is 3.91. The number of hydrazine groups is 1. The SMILES string of the molecule is CN(Cc1cccs1)C(=O)c1cnccc1NN. The van der Waals surface area contributed by atoms with Gasteiger partial charge in [0.25, 0.3) is 5.91 Å². The lowest BCUT2D eigenvalue weighted by Crippen LogP contribution is -2.27. The Morgan fingerprint density at radius 3 is 3.06 bits per heavy atom. The van der Waals surface area contributed by atoms with Crippen LogP contribution in [0.1, 0.15) is 15.2 Å². The Labute approximate surface area is 109 Å². The molecule has 2 aromatic rings. The standard InChI is InChI=1S/C12H14N4OS/c1-16(8-9-3-2-6-18-9)12(17)10-7-14-5-4-11(10)15-13/h2-7H,8,13H2,1H3,(H,14,15). The molecule has 94 valence electrons. The average molecular weight is 262 g/mol. The van der Waals surface area contributed by atoms with Gasteiger partial charge in [-0.15, -0.1) is 11.3 Å². The van der Waals surface area contributed by atoms with Gasteiger partial charge in [0, 0.05) is 24.3 Å². The van der Waals surface area contributed by atoms with Crippen molar-refractivity contribution >= 4 is 22.9 Å². The van der Waals surface area contributed by atoms with E-state index in [1.54, 1.807) is 35.5 Å². The first-order chi connectivity index (χ1) is 8.72. The predicted octanol–water partition coefficient (Wildman–Crippen LogP) is 1.70. The molecule has 0 radical (unpaired) electrons. The van der Waals surface area contributed by atoms with Gasteiger partial charge in [-0.25, -0.2) is 0 Å². The van der Waals surface area contributed by atoms with Crippen LogP contribution in [0.5, 0.6) is 0 Å².